The van der Waals surface area contributed by atoms with Crippen LogP contribution in [0.25, 0.3) is 11.2 Å². The number of carbonyl (C=O) groups excluding carboxylic acids is 4. The first kappa shape index (κ1) is 46.9. The van der Waals surface area contributed by atoms with Crippen LogP contribution in [0, 0.1) is 5.92 Å². The van der Waals surface area contributed by atoms with Crippen molar-refractivity contribution in [3.05, 3.63) is 78.1 Å². The van der Waals surface area contributed by atoms with Gasteiger partial charge in [0, 0.05) is 82.3 Å². The fourth-order valence-corrected chi connectivity index (χ4v) is 10.7. The molecular formula is C49H67N13O6. The zero-order valence-corrected chi connectivity index (χ0v) is 39.1. The van der Waals surface area contributed by atoms with Crippen LogP contribution < -0.4 is 36.8 Å². The van der Waals surface area contributed by atoms with Gasteiger partial charge in [0.2, 0.25) is 11.9 Å². The van der Waals surface area contributed by atoms with E-state index in [0.29, 0.717) is 74.4 Å². The molecule has 68 heavy (non-hydrogen) atoms. The molecule has 8 N–H and O–H groups in total. The molecule has 7 amide bonds. The molecule has 7 atom stereocenters. The number of aliphatic hydroxyl groups is 2. The number of nitrogens with zero attached hydrogens (tertiary/aromatic N) is 7. The van der Waals surface area contributed by atoms with Crippen LogP contribution in [0.5, 0.6) is 0 Å². The second kappa shape index (κ2) is 21.0. The molecule has 9 rings (SSSR count). The molecule has 19 nitrogen and oxygen atoms in total. The smallest absolute Gasteiger partial charge is 0.317 e. The summed E-state index contributed by atoms with van der Waals surface area (Å²) < 4.78 is 1.77. The Bertz CT molecular complexity index is 2340. The van der Waals surface area contributed by atoms with Crippen molar-refractivity contribution in [2.75, 3.05) is 56.0 Å². The minimum Gasteiger partial charge on any atom is -0.388 e. The number of rotatable bonds is 13. The lowest BCUT2D eigenvalue weighted by atomic mass is 9.91. The number of hydrogen-bond acceptors (Lipinski definition) is 11. The lowest BCUT2D eigenvalue weighted by molar-refractivity contribution is -0.122. The van der Waals surface area contributed by atoms with Gasteiger partial charge in [-0.1, -0.05) is 74.5 Å². The maximum atomic E-state index is 13.4. The Hall–Kier alpha value is -6.21. The van der Waals surface area contributed by atoms with Gasteiger partial charge in [0.25, 0.3) is 0 Å². The van der Waals surface area contributed by atoms with Gasteiger partial charge in [-0.3, -0.25) is 4.79 Å². The predicted octanol–water partition coefficient (Wildman–Crippen LogP) is 3.66. The van der Waals surface area contributed by atoms with E-state index in [2.05, 4.69) is 63.1 Å². The summed E-state index contributed by atoms with van der Waals surface area (Å²) in [5.74, 6) is 1.26. The van der Waals surface area contributed by atoms with Gasteiger partial charge in [-0.25, -0.2) is 19.4 Å². The van der Waals surface area contributed by atoms with Gasteiger partial charge in [-0.2, -0.15) is 9.97 Å². The predicted molar refractivity (Wildman–Crippen MR) is 257 cm³/mol. The maximum Gasteiger partial charge on any atom is 0.317 e. The lowest BCUT2D eigenvalue weighted by Gasteiger charge is -2.32. The minimum absolute atomic E-state index is 0.0155. The number of carbonyl (C=O) groups is 4. The van der Waals surface area contributed by atoms with Crippen molar-refractivity contribution in [3.8, 4) is 0 Å². The molecule has 5 fully saturated rings. The molecule has 2 saturated carbocycles. The monoisotopic (exact) mass is 934 g/mol. The van der Waals surface area contributed by atoms with Gasteiger partial charge in [-0.15, -0.1) is 0 Å². The summed E-state index contributed by atoms with van der Waals surface area (Å²) in [7, 11) is 0. The van der Waals surface area contributed by atoms with E-state index in [1.54, 1.807) is 22.7 Å². The molecule has 3 aliphatic heterocycles. The molecule has 0 bridgehead atoms. The van der Waals surface area contributed by atoms with E-state index in [9.17, 15) is 29.4 Å². The zero-order valence-electron chi connectivity index (χ0n) is 39.1. The number of imidazole rings is 1. The molecule has 5 heterocycles. The Morgan fingerprint density at radius 2 is 1.29 bits per heavy atom. The molecule has 3 saturated heterocycles. The lowest BCUT2D eigenvalue weighted by Crippen LogP contribution is -2.50. The minimum atomic E-state index is -1.18. The number of likely N-dealkylation sites (tertiary alicyclic amines) is 2. The molecule has 19 heteroatoms. The van der Waals surface area contributed by atoms with Crippen molar-refractivity contribution >= 4 is 46.9 Å². The average molecular weight is 934 g/mol. The Morgan fingerprint density at radius 3 is 1.91 bits per heavy atom. The summed E-state index contributed by atoms with van der Waals surface area (Å²) in [6.45, 7) is 8.00. The van der Waals surface area contributed by atoms with Crippen LogP contribution in [0.4, 0.5) is 26.1 Å². The fraction of sp³-hybridized carbons (Fsp3) is 0.571. The van der Waals surface area contributed by atoms with E-state index >= 15 is 0 Å². The first-order valence-electron chi connectivity index (χ1n) is 24.7. The van der Waals surface area contributed by atoms with Crippen LogP contribution in [0.3, 0.4) is 0 Å². The summed E-state index contributed by atoms with van der Waals surface area (Å²) in [6.07, 6.45) is 5.41. The highest BCUT2D eigenvalue weighted by molar-refractivity contribution is 5.85. The molecule has 0 radical (unpaired) electrons. The number of nitrogens with one attached hydrogen (secondary N) is 6. The number of aliphatic hydroxyl groups excluding tert-OH is 2. The first-order chi connectivity index (χ1) is 33.0. The fourth-order valence-electron chi connectivity index (χ4n) is 10.7. The molecule has 0 unspecified atom stereocenters. The zero-order chi connectivity index (χ0) is 47.3. The first-order valence-corrected chi connectivity index (χ1v) is 24.7. The van der Waals surface area contributed by atoms with Crippen molar-refractivity contribution < 1.29 is 29.4 Å². The number of urea groups is 3. The molecule has 2 aromatic carbocycles. The van der Waals surface area contributed by atoms with E-state index < -0.39 is 24.3 Å². The SMILES string of the molecule is CCC(=O)N[C@H]1C[C@@H](n2cnc3c(NCC(c4ccccc4)c4ccccc4)nc(N4CC[C@@H](NC(=O)N[C@@H]5CCN(C(=O)NC6CCC(NC(=O)N7CC[C@@H](C)C7)CC6)C5)C4)nc32)[C@H](O)[C@@H]1O. The maximum absolute atomic E-state index is 13.4. The Kier molecular flexibility index (Phi) is 14.5. The molecule has 4 aromatic rings. The molecular weight excluding hydrogens is 867 g/mol. The van der Waals surface area contributed by atoms with Crippen LogP contribution in [0.1, 0.15) is 94.7 Å². The molecule has 0 spiro atoms. The van der Waals surface area contributed by atoms with E-state index in [1.165, 1.54) is 0 Å². The van der Waals surface area contributed by atoms with Gasteiger partial charge >= 0.3 is 18.1 Å². The van der Waals surface area contributed by atoms with Crippen LogP contribution in [0.2, 0.25) is 0 Å². The normalized spacial score (nSPS) is 27.1. The number of anilines is 2. The largest absolute Gasteiger partial charge is 0.388 e. The second-order valence-electron chi connectivity index (χ2n) is 19.5. The summed E-state index contributed by atoms with van der Waals surface area (Å²) in [5, 5.41) is 41.4. The van der Waals surface area contributed by atoms with E-state index in [0.717, 1.165) is 56.3 Å². The number of fused-ring (bicyclic) bond motifs is 1. The summed E-state index contributed by atoms with van der Waals surface area (Å²) in [6, 6.07) is 18.7. The second-order valence-corrected chi connectivity index (χ2v) is 19.5. The number of benzene rings is 2. The van der Waals surface area contributed by atoms with Crippen LogP contribution in [0.15, 0.2) is 67.0 Å². The summed E-state index contributed by atoms with van der Waals surface area (Å²) in [4.78, 5) is 72.2. The third-order valence-electron chi connectivity index (χ3n) is 14.7. The molecule has 2 aliphatic carbocycles. The summed E-state index contributed by atoms with van der Waals surface area (Å²) >= 11 is 0. The van der Waals surface area contributed by atoms with Gasteiger partial charge in [0.1, 0.15) is 12.2 Å². The number of aromatic nitrogens is 4. The van der Waals surface area contributed by atoms with Crippen molar-refractivity contribution in [1.29, 1.82) is 0 Å². The Morgan fingerprint density at radius 1 is 0.691 bits per heavy atom. The van der Waals surface area contributed by atoms with Gasteiger partial charge in [0.05, 0.1) is 18.4 Å². The number of hydrogen-bond donors (Lipinski definition) is 8. The standard InChI is InChI=1S/C49H67N13O6/c1-3-40(63)56-38-24-39(43(65)42(38)64)62-29-51-41-44(50-25-37(31-10-6-4-7-11-31)32-12-8-5-9-13-32)57-46(58-45(41)62)59-22-19-35(27-59)52-47(66)53-36-20-23-61(28-36)49(68)55-34-16-14-33(15-17-34)54-48(67)60-21-18-30(2)26-60/h4-13,29-30,33-39,42-43,64-65H,3,14-28H2,1-2H3,(H,54,67)(H,55,68)(H,56,63)(H,50,57,58)(H2,52,53,66)/t30-,33?,34?,35-,36-,38+,39-,42-,43+/m1/s1. The quantitative estimate of drug-likeness (QED) is 0.0964. The van der Waals surface area contributed by atoms with E-state index in [4.69, 9.17) is 15.0 Å². The van der Waals surface area contributed by atoms with Gasteiger partial charge in [-0.05, 0) is 68.4 Å². The highest BCUT2D eigenvalue weighted by Gasteiger charge is 2.44. The van der Waals surface area contributed by atoms with Crippen molar-refractivity contribution in [1.82, 2.24) is 55.9 Å². The van der Waals surface area contributed by atoms with E-state index in [-0.39, 0.29) is 66.9 Å². The highest BCUT2D eigenvalue weighted by atomic mass is 16.3. The highest BCUT2D eigenvalue weighted by Crippen LogP contribution is 2.36. The average Bonchev–Trinajstić information content (AvgIpc) is 4.22. The van der Waals surface area contributed by atoms with Crippen LogP contribution in [-0.2, 0) is 4.79 Å². The third-order valence-corrected chi connectivity index (χ3v) is 14.7. The third kappa shape index (κ3) is 10.7. The molecule has 5 aliphatic rings. The van der Waals surface area contributed by atoms with Crippen LogP contribution >= 0.6 is 0 Å². The van der Waals surface area contributed by atoms with Crippen molar-refractivity contribution in [2.45, 2.75) is 126 Å². The topological polar surface area (TPSA) is 234 Å². The van der Waals surface area contributed by atoms with Gasteiger partial charge in [0.15, 0.2) is 17.0 Å². The Labute approximate surface area is 397 Å². The van der Waals surface area contributed by atoms with Crippen LogP contribution in [-0.4, -0.2) is 152 Å². The van der Waals surface area contributed by atoms with Crippen molar-refractivity contribution in [3.63, 3.8) is 0 Å². The van der Waals surface area contributed by atoms with Gasteiger partial charge < -0.3 is 61.4 Å². The Balaban J connectivity index is 0.824. The van der Waals surface area contributed by atoms with Crippen molar-refractivity contribution in [2.24, 2.45) is 5.92 Å². The molecule has 364 valence electrons. The summed E-state index contributed by atoms with van der Waals surface area (Å²) in [5.41, 5.74) is 3.24. The molecule has 2 aromatic heterocycles. The van der Waals surface area contributed by atoms with E-state index in [1.807, 2.05) is 46.2 Å². The number of amides is 7.